The van der Waals surface area contributed by atoms with Gasteiger partial charge >= 0.3 is 0 Å². The van der Waals surface area contributed by atoms with Crippen molar-refractivity contribution in [1.29, 1.82) is 0 Å². The molecule has 0 atom stereocenters. The van der Waals surface area contributed by atoms with Gasteiger partial charge in [-0.25, -0.2) is 13.4 Å². The van der Waals surface area contributed by atoms with Crippen LogP contribution in [0, 0.1) is 13.8 Å². The van der Waals surface area contributed by atoms with E-state index in [1.54, 1.807) is 18.3 Å². The minimum Gasteiger partial charge on any atom is -0.368 e. The van der Waals surface area contributed by atoms with Crippen LogP contribution in [0.15, 0.2) is 88.8 Å². The molecule has 168 valence electrons. The maximum Gasteiger partial charge on any atom is 0.214 e. The number of hydrogen-bond donors (Lipinski definition) is 0. The topological polar surface area (TPSA) is 54.8 Å². The Labute approximate surface area is 195 Å². The van der Waals surface area contributed by atoms with Crippen LogP contribution in [0.4, 0.5) is 11.4 Å². The Morgan fingerprint density at radius 3 is 2.09 bits per heavy atom. The predicted octanol–water partition coefficient (Wildman–Crippen LogP) is 4.43. The molecule has 0 amide bonds. The molecule has 0 saturated carbocycles. The first-order valence-corrected chi connectivity index (χ1v) is 12.7. The van der Waals surface area contributed by atoms with Crippen LogP contribution in [-0.2, 0) is 9.84 Å². The highest BCUT2D eigenvalue weighted by Gasteiger charge is 2.31. The molecule has 0 aliphatic carbocycles. The number of hydrogen-bond acceptors (Lipinski definition) is 4. The third kappa shape index (κ3) is 4.07. The second-order valence-corrected chi connectivity index (χ2v) is 10.6. The minimum absolute atomic E-state index is 0.317. The average molecular weight is 459 g/mol. The van der Waals surface area contributed by atoms with Gasteiger partial charge in [0.25, 0.3) is 0 Å². The van der Waals surface area contributed by atoms with Crippen molar-refractivity contribution in [2.75, 3.05) is 36.0 Å². The SMILES string of the molecule is Cc1ccc(S(=O)(=O)c2c[nH+]c3ccc(C)cc3c2N2CCN(c3ccccc3)CC2)cc1. The molecule has 1 aromatic heterocycles. The molecule has 5 nitrogen and oxygen atoms in total. The summed E-state index contributed by atoms with van der Waals surface area (Å²) in [6, 6.07) is 23.6. The number of pyridine rings is 1. The quantitative estimate of drug-likeness (QED) is 0.454. The van der Waals surface area contributed by atoms with E-state index in [0.29, 0.717) is 9.79 Å². The Bertz CT molecular complexity index is 1390. The van der Waals surface area contributed by atoms with Gasteiger partial charge in [0, 0.05) is 37.9 Å². The molecule has 6 heteroatoms. The maximum atomic E-state index is 13.8. The molecular weight excluding hydrogens is 430 g/mol. The Balaban J connectivity index is 1.60. The number of aryl methyl sites for hydroxylation is 2. The van der Waals surface area contributed by atoms with Gasteiger partial charge in [-0.1, -0.05) is 42.0 Å². The highest BCUT2D eigenvalue weighted by atomic mass is 32.2. The Hall–Kier alpha value is -3.38. The van der Waals surface area contributed by atoms with E-state index in [9.17, 15) is 8.42 Å². The van der Waals surface area contributed by atoms with E-state index in [1.165, 1.54) is 5.69 Å². The molecule has 0 radical (unpaired) electrons. The van der Waals surface area contributed by atoms with E-state index in [1.807, 2.05) is 44.2 Å². The van der Waals surface area contributed by atoms with Crippen LogP contribution >= 0.6 is 0 Å². The van der Waals surface area contributed by atoms with Gasteiger partial charge in [0.1, 0.15) is 0 Å². The number of aromatic nitrogens is 1. The molecule has 1 fully saturated rings. The zero-order valence-electron chi connectivity index (χ0n) is 19.0. The van der Waals surface area contributed by atoms with Crippen LogP contribution in [0.3, 0.4) is 0 Å². The summed E-state index contributed by atoms with van der Waals surface area (Å²) >= 11 is 0. The van der Waals surface area contributed by atoms with Crippen molar-refractivity contribution in [3.63, 3.8) is 0 Å². The first-order chi connectivity index (χ1) is 15.9. The summed E-state index contributed by atoms with van der Waals surface area (Å²) in [5, 5.41) is 0.941. The highest BCUT2D eigenvalue weighted by molar-refractivity contribution is 7.91. The van der Waals surface area contributed by atoms with E-state index in [0.717, 1.165) is 53.9 Å². The Morgan fingerprint density at radius 1 is 0.758 bits per heavy atom. The third-order valence-corrected chi connectivity index (χ3v) is 8.14. The normalized spacial score (nSPS) is 14.6. The van der Waals surface area contributed by atoms with Crippen LogP contribution < -0.4 is 14.8 Å². The van der Waals surface area contributed by atoms with E-state index in [2.05, 4.69) is 45.1 Å². The average Bonchev–Trinajstić information content (AvgIpc) is 2.84. The lowest BCUT2D eigenvalue weighted by Gasteiger charge is -2.38. The lowest BCUT2D eigenvalue weighted by Crippen LogP contribution is -2.47. The molecule has 33 heavy (non-hydrogen) atoms. The molecule has 0 bridgehead atoms. The zero-order chi connectivity index (χ0) is 23.0. The molecule has 1 aliphatic rings. The Kier molecular flexibility index (Phi) is 5.54. The number of nitrogens with one attached hydrogen (secondary N) is 1. The van der Waals surface area contributed by atoms with E-state index in [-0.39, 0.29) is 0 Å². The maximum absolute atomic E-state index is 13.8. The predicted molar refractivity (Wildman–Crippen MR) is 133 cm³/mol. The van der Waals surface area contributed by atoms with Crippen molar-refractivity contribution in [1.82, 2.24) is 0 Å². The lowest BCUT2D eigenvalue weighted by molar-refractivity contribution is -0.347. The van der Waals surface area contributed by atoms with Crippen molar-refractivity contribution < 1.29 is 13.4 Å². The number of fused-ring (bicyclic) bond motifs is 1. The highest BCUT2D eigenvalue weighted by Crippen LogP contribution is 2.36. The number of piperazine rings is 1. The van der Waals surface area contributed by atoms with Crippen molar-refractivity contribution >= 4 is 32.1 Å². The molecule has 5 rings (SSSR count). The summed E-state index contributed by atoms with van der Waals surface area (Å²) in [6.07, 6.45) is 1.66. The molecule has 3 aromatic carbocycles. The van der Waals surface area contributed by atoms with Crippen molar-refractivity contribution in [2.24, 2.45) is 0 Å². The summed E-state index contributed by atoms with van der Waals surface area (Å²) in [5.41, 5.74) is 5.06. The molecule has 0 spiro atoms. The third-order valence-electron chi connectivity index (χ3n) is 6.36. The van der Waals surface area contributed by atoms with Gasteiger partial charge in [-0.2, -0.15) is 0 Å². The zero-order valence-corrected chi connectivity index (χ0v) is 19.8. The van der Waals surface area contributed by atoms with Crippen LogP contribution in [0.25, 0.3) is 10.9 Å². The van der Waals surface area contributed by atoms with Gasteiger partial charge in [0.2, 0.25) is 15.4 Å². The van der Waals surface area contributed by atoms with Crippen LogP contribution in [-0.4, -0.2) is 34.6 Å². The largest absolute Gasteiger partial charge is 0.368 e. The smallest absolute Gasteiger partial charge is 0.214 e. The standard InChI is InChI=1S/C27H27N3O2S/c1-20-8-11-23(12-9-20)33(31,32)26-19-28-25-13-10-21(2)18-24(25)27(26)30-16-14-29(15-17-30)22-6-4-3-5-7-22/h3-13,18-19H,14-17H2,1-2H3/p+1. The fraction of sp³-hybridized carbons (Fsp3) is 0.222. The molecular formula is C27H28N3O2S+. The van der Waals surface area contributed by atoms with Crippen LogP contribution in [0.1, 0.15) is 11.1 Å². The van der Waals surface area contributed by atoms with Crippen molar-refractivity contribution in [2.45, 2.75) is 23.6 Å². The summed E-state index contributed by atoms with van der Waals surface area (Å²) < 4.78 is 27.5. The molecule has 1 saturated heterocycles. The first kappa shape index (κ1) is 21.5. The second kappa shape index (κ2) is 8.52. The fourth-order valence-corrected chi connectivity index (χ4v) is 5.98. The van der Waals surface area contributed by atoms with Crippen molar-refractivity contribution in [3.05, 3.63) is 90.1 Å². The summed E-state index contributed by atoms with van der Waals surface area (Å²) in [5.74, 6) is 0. The van der Waals surface area contributed by atoms with E-state index < -0.39 is 9.84 Å². The minimum atomic E-state index is -3.69. The summed E-state index contributed by atoms with van der Waals surface area (Å²) in [7, 11) is -3.69. The number of sulfone groups is 1. The molecule has 1 aliphatic heterocycles. The van der Waals surface area contributed by atoms with E-state index >= 15 is 0 Å². The number of aromatic amines is 1. The summed E-state index contributed by atoms with van der Waals surface area (Å²) in [4.78, 5) is 8.47. The fourth-order valence-electron chi connectivity index (χ4n) is 4.53. The molecule has 0 unspecified atom stereocenters. The van der Waals surface area contributed by atoms with Crippen LogP contribution in [0.2, 0.25) is 0 Å². The number of para-hydroxylation sites is 1. The molecule has 1 N–H and O–H groups in total. The number of benzene rings is 3. The monoisotopic (exact) mass is 458 g/mol. The van der Waals surface area contributed by atoms with Gasteiger partial charge in [0.05, 0.1) is 16.0 Å². The summed E-state index contributed by atoms with van der Waals surface area (Å²) in [6.45, 7) is 7.16. The van der Waals surface area contributed by atoms with Gasteiger partial charge in [-0.15, -0.1) is 0 Å². The lowest BCUT2D eigenvalue weighted by atomic mass is 10.1. The van der Waals surface area contributed by atoms with E-state index in [4.69, 9.17) is 0 Å². The molecule has 2 heterocycles. The number of H-pyrrole nitrogens is 1. The van der Waals surface area contributed by atoms with Crippen LogP contribution in [0.5, 0.6) is 0 Å². The molecule has 4 aromatic rings. The first-order valence-electron chi connectivity index (χ1n) is 11.3. The van der Waals surface area contributed by atoms with Crippen molar-refractivity contribution in [3.8, 4) is 0 Å². The van der Waals surface area contributed by atoms with Gasteiger partial charge in [-0.3, -0.25) is 0 Å². The Morgan fingerprint density at radius 2 is 1.39 bits per heavy atom. The number of rotatable bonds is 4. The number of anilines is 2. The van der Waals surface area contributed by atoms with Gasteiger partial charge in [0.15, 0.2) is 11.1 Å². The van der Waals surface area contributed by atoms with Gasteiger partial charge < -0.3 is 9.80 Å². The van der Waals surface area contributed by atoms with Gasteiger partial charge in [-0.05, 0) is 49.7 Å². The second-order valence-electron chi connectivity index (χ2n) is 8.68. The number of nitrogens with zero attached hydrogens (tertiary/aromatic N) is 2.